The summed E-state index contributed by atoms with van der Waals surface area (Å²) < 4.78 is 2.30. The predicted octanol–water partition coefficient (Wildman–Crippen LogP) is 3.98. The summed E-state index contributed by atoms with van der Waals surface area (Å²) in [6, 6.07) is 6.63. The molecule has 2 N–H and O–H groups in total. The first-order valence-electron chi connectivity index (χ1n) is 9.19. The van der Waals surface area contributed by atoms with E-state index in [1.54, 1.807) is 6.20 Å². The third kappa shape index (κ3) is 3.27. The van der Waals surface area contributed by atoms with Crippen LogP contribution in [0, 0.1) is 6.92 Å². The van der Waals surface area contributed by atoms with Crippen molar-refractivity contribution in [2.24, 2.45) is 12.0 Å². The highest BCUT2D eigenvalue weighted by atomic mass is 16.3. The van der Waals surface area contributed by atoms with E-state index in [9.17, 15) is 5.11 Å². The van der Waals surface area contributed by atoms with Crippen molar-refractivity contribution in [2.45, 2.75) is 45.3 Å². The number of aliphatic imine (C=N–C) groups is 1. The molecule has 0 amide bonds. The Morgan fingerprint density at radius 2 is 2.27 bits per heavy atom. The summed E-state index contributed by atoms with van der Waals surface area (Å²) >= 11 is 0. The van der Waals surface area contributed by atoms with Gasteiger partial charge in [0, 0.05) is 54.4 Å². The highest BCUT2D eigenvalue weighted by Gasteiger charge is 2.34. The van der Waals surface area contributed by atoms with Gasteiger partial charge in [-0.3, -0.25) is 4.99 Å². The second-order valence-electron chi connectivity index (χ2n) is 7.52. The van der Waals surface area contributed by atoms with Crippen molar-refractivity contribution >= 4 is 17.6 Å². The molecular weight excluding hydrogens is 322 g/mol. The van der Waals surface area contributed by atoms with Crippen molar-refractivity contribution in [1.29, 1.82) is 0 Å². The zero-order chi connectivity index (χ0) is 18.9. The lowest BCUT2D eigenvalue weighted by molar-refractivity contribution is 0.0820. The average molecular weight is 351 g/mol. The topological polar surface area (TPSA) is 49.6 Å². The lowest BCUT2D eigenvalue weighted by atomic mass is 9.82. The first-order chi connectivity index (χ1) is 12.4. The van der Waals surface area contributed by atoms with Crippen LogP contribution < -0.4 is 5.32 Å². The predicted molar refractivity (Wildman–Crippen MR) is 110 cm³/mol. The minimum Gasteiger partial charge on any atom is -0.385 e. The monoisotopic (exact) mass is 351 g/mol. The van der Waals surface area contributed by atoms with Gasteiger partial charge in [-0.1, -0.05) is 23.8 Å². The maximum Gasteiger partial charge on any atom is 0.0890 e. The summed E-state index contributed by atoms with van der Waals surface area (Å²) in [6.07, 6.45) is 6.12. The molecule has 0 spiro atoms. The van der Waals surface area contributed by atoms with E-state index in [-0.39, 0.29) is 5.92 Å². The van der Waals surface area contributed by atoms with Crippen LogP contribution in [0.25, 0.3) is 10.9 Å². The van der Waals surface area contributed by atoms with Crippen molar-refractivity contribution in [1.82, 2.24) is 9.88 Å². The second-order valence-corrected chi connectivity index (χ2v) is 7.52. The highest BCUT2D eigenvalue weighted by Crippen LogP contribution is 2.38. The molecule has 0 fully saturated rings. The SMILES string of the molecule is C=NC=C(C=CC)C(C)(O)CC1CNCc2c1n(C)c1ccc(C)cc21. The first kappa shape index (κ1) is 18.6. The Morgan fingerprint density at radius 1 is 1.50 bits per heavy atom. The maximum absolute atomic E-state index is 11.2. The molecule has 4 nitrogen and oxygen atoms in total. The minimum atomic E-state index is -0.971. The van der Waals surface area contributed by atoms with Gasteiger partial charge in [0.1, 0.15) is 0 Å². The highest BCUT2D eigenvalue weighted by molar-refractivity contribution is 5.86. The fourth-order valence-electron chi connectivity index (χ4n) is 4.23. The number of fused-ring (bicyclic) bond motifs is 3. The molecule has 2 heterocycles. The van der Waals surface area contributed by atoms with E-state index in [0.717, 1.165) is 18.7 Å². The molecule has 1 aliphatic rings. The van der Waals surface area contributed by atoms with Crippen LogP contribution in [0.4, 0.5) is 0 Å². The Hall–Kier alpha value is -2.17. The number of aromatic nitrogens is 1. The van der Waals surface area contributed by atoms with Crippen LogP contribution in [0.2, 0.25) is 0 Å². The maximum atomic E-state index is 11.2. The third-order valence-corrected chi connectivity index (χ3v) is 5.43. The van der Waals surface area contributed by atoms with Gasteiger partial charge in [-0.25, -0.2) is 0 Å². The first-order valence-corrected chi connectivity index (χ1v) is 9.19. The summed E-state index contributed by atoms with van der Waals surface area (Å²) in [7, 11) is 2.14. The molecule has 1 aliphatic heterocycles. The number of nitrogens with zero attached hydrogens (tertiary/aromatic N) is 2. The molecular formula is C22H29N3O. The van der Waals surface area contributed by atoms with Crippen molar-refractivity contribution < 1.29 is 5.11 Å². The average Bonchev–Trinajstić information content (AvgIpc) is 2.87. The fourth-order valence-corrected chi connectivity index (χ4v) is 4.23. The molecule has 0 bridgehead atoms. The van der Waals surface area contributed by atoms with Crippen molar-refractivity contribution in [3.63, 3.8) is 0 Å². The normalized spacial score (nSPS) is 20.3. The van der Waals surface area contributed by atoms with Crippen LogP contribution in [0.15, 0.2) is 47.1 Å². The molecule has 26 heavy (non-hydrogen) atoms. The number of hydrogen-bond acceptors (Lipinski definition) is 3. The molecule has 3 rings (SSSR count). The van der Waals surface area contributed by atoms with Crippen molar-refractivity contribution in [3.8, 4) is 0 Å². The summed E-state index contributed by atoms with van der Waals surface area (Å²) in [6.45, 7) is 11.2. The van der Waals surface area contributed by atoms with E-state index in [0.29, 0.717) is 6.42 Å². The number of aliphatic hydroxyl groups is 1. The molecule has 2 aromatic rings. The van der Waals surface area contributed by atoms with Crippen molar-refractivity contribution in [2.75, 3.05) is 6.54 Å². The molecule has 0 saturated carbocycles. The van der Waals surface area contributed by atoms with E-state index in [2.05, 4.69) is 53.8 Å². The zero-order valence-electron chi connectivity index (χ0n) is 16.2. The van der Waals surface area contributed by atoms with Crippen LogP contribution in [-0.4, -0.2) is 28.5 Å². The molecule has 4 heteroatoms. The van der Waals surface area contributed by atoms with Crippen LogP contribution >= 0.6 is 0 Å². The third-order valence-electron chi connectivity index (χ3n) is 5.43. The smallest absolute Gasteiger partial charge is 0.0890 e. The Labute approximate surface area is 155 Å². The van der Waals surface area contributed by atoms with Gasteiger partial charge in [-0.05, 0) is 51.6 Å². The molecule has 0 radical (unpaired) electrons. The summed E-state index contributed by atoms with van der Waals surface area (Å²) in [4.78, 5) is 3.88. The van der Waals surface area contributed by atoms with Gasteiger partial charge in [0.25, 0.3) is 0 Å². The van der Waals surface area contributed by atoms with Crippen molar-refractivity contribution in [3.05, 3.63) is 58.9 Å². The lowest BCUT2D eigenvalue weighted by Gasteiger charge is -2.33. The summed E-state index contributed by atoms with van der Waals surface area (Å²) in [5.74, 6) is 0.227. The number of aryl methyl sites for hydroxylation is 2. The van der Waals surface area contributed by atoms with Gasteiger partial charge in [0.2, 0.25) is 0 Å². The number of nitrogens with one attached hydrogen (secondary N) is 1. The second kappa shape index (κ2) is 7.22. The fraction of sp³-hybridized carbons (Fsp3) is 0.409. The number of hydrogen-bond donors (Lipinski definition) is 2. The quantitative estimate of drug-likeness (QED) is 0.632. The summed E-state index contributed by atoms with van der Waals surface area (Å²) in [5, 5.41) is 16.0. The zero-order valence-corrected chi connectivity index (χ0v) is 16.2. The van der Waals surface area contributed by atoms with Crippen LogP contribution in [0.1, 0.15) is 43.0 Å². The van der Waals surface area contributed by atoms with E-state index in [1.807, 2.05) is 26.0 Å². The largest absolute Gasteiger partial charge is 0.385 e. The molecule has 0 saturated heterocycles. The Balaban J connectivity index is 2.04. The minimum absolute atomic E-state index is 0.227. The van der Waals surface area contributed by atoms with Gasteiger partial charge in [-0.2, -0.15) is 0 Å². The lowest BCUT2D eigenvalue weighted by Crippen LogP contribution is -2.36. The number of allylic oxidation sites excluding steroid dienone is 1. The van der Waals surface area contributed by atoms with E-state index in [1.165, 1.54) is 27.7 Å². The number of rotatable bonds is 5. The molecule has 138 valence electrons. The van der Waals surface area contributed by atoms with Crippen LogP contribution in [0.3, 0.4) is 0 Å². The Kier molecular flexibility index (Phi) is 5.17. The van der Waals surface area contributed by atoms with Gasteiger partial charge < -0.3 is 15.0 Å². The summed E-state index contributed by atoms with van der Waals surface area (Å²) in [5.41, 5.74) is 5.03. The molecule has 2 atom stereocenters. The molecule has 2 unspecified atom stereocenters. The van der Waals surface area contributed by atoms with E-state index in [4.69, 9.17) is 0 Å². The van der Waals surface area contributed by atoms with Crippen LogP contribution in [-0.2, 0) is 13.6 Å². The van der Waals surface area contributed by atoms with E-state index < -0.39 is 5.60 Å². The van der Waals surface area contributed by atoms with Gasteiger partial charge in [0.15, 0.2) is 0 Å². The van der Waals surface area contributed by atoms with Gasteiger partial charge in [0.05, 0.1) is 5.60 Å². The Morgan fingerprint density at radius 3 is 2.96 bits per heavy atom. The van der Waals surface area contributed by atoms with Crippen LogP contribution in [0.5, 0.6) is 0 Å². The van der Waals surface area contributed by atoms with Gasteiger partial charge in [-0.15, -0.1) is 0 Å². The Bertz CT molecular complexity index is 886. The molecule has 1 aromatic carbocycles. The standard InChI is InChI=1S/C22H29N3O/c1-6-7-17(13-23-4)22(3,26)11-16-12-24-14-19-18-10-15(2)8-9-20(18)25(5)21(16)19/h6-10,13,16,24,26H,4,11-12,14H2,1-3,5H3. The molecule has 1 aromatic heterocycles. The van der Waals surface area contributed by atoms with E-state index >= 15 is 0 Å². The number of benzene rings is 1. The molecule has 0 aliphatic carbocycles. The van der Waals surface area contributed by atoms with Gasteiger partial charge >= 0.3 is 0 Å².